The van der Waals surface area contributed by atoms with Crippen molar-refractivity contribution < 1.29 is 5.11 Å². The van der Waals surface area contributed by atoms with Gasteiger partial charge >= 0.3 is 63.5 Å². The molecule has 2 unspecified atom stereocenters. The second-order valence-corrected chi connectivity index (χ2v) is 4.56. The Hall–Kier alpha value is 0.479. The molecule has 0 amide bonds. The minimum atomic E-state index is -0.109. The molecule has 1 nitrogen and oxygen atoms in total. The Labute approximate surface area is 64.0 Å². The topological polar surface area (TPSA) is 20.2 Å². The fraction of sp³-hybridized carbons (Fsp3) is 1.00. The summed E-state index contributed by atoms with van der Waals surface area (Å²) in [6, 6.07) is 0. The summed E-state index contributed by atoms with van der Waals surface area (Å²) in [6.07, 6.45) is 0.859. The van der Waals surface area contributed by atoms with Crippen molar-refractivity contribution in [1.29, 1.82) is 0 Å². The molecular formula is C7H16OSe. The summed E-state index contributed by atoms with van der Waals surface area (Å²) in [7, 11) is 0. The number of hydrogen-bond acceptors (Lipinski definition) is 1. The Balaban J connectivity index is 3.15. The van der Waals surface area contributed by atoms with Crippen LogP contribution in [0.5, 0.6) is 0 Å². The van der Waals surface area contributed by atoms with Crippen LogP contribution in [0.15, 0.2) is 0 Å². The first-order valence-corrected chi connectivity index (χ1v) is 6.26. The van der Waals surface area contributed by atoms with Gasteiger partial charge in [-0.15, -0.1) is 0 Å². The van der Waals surface area contributed by atoms with Crippen LogP contribution in [0.1, 0.15) is 20.3 Å². The summed E-state index contributed by atoms with van der Waals surface area (Å²) in [5.74, 6) is 2.96. The monoisotopic (exact) mass is 196 g/mol. The molecule has 0 bridgehead atoms. The second-order valence-electron chi connectivity index (χ2n) is 2.65. The number of rotatable bonds is 4. The van der Waals surface area contributed by atoms with Crippen molar-refractivity contribution in [3.63, 3.8) is 0 Å². The van der Waals surface area contributed by atoms with E-state index in [1.807, 2.05) is 6.92 Å². The van der Waals surface area contributed by atoms with Crippen LogP contribution in [0.3, 0.4) is 0 Å². The molecule has 56 valence electrons. The number of aliphatic hydroxyl groups is 1. The third-order valence-corrected chi connectivity index (χ3v) is 3.09. The first-order chi connectivity index (χ1) is 4.16. The van der Waals surface area contributed by atoms with Gasteiger partial charge in [0, 0.05) is 0 Å². The predicted molar refractivity (Wildman–Crippen MR) is 41.9 cm³/mol. The van der Waals surface area contributed by atoms with Gasteiger partial charge in [0.05, 0.1) is 0 Å². The first-order valence-electron chi connectivity index (χ1n) is 3.33. The minimum absolute atomic E-state index is 0.109. The zero-order valence-electron chi connectivity index (χ0n) is 6.42. The number of aliphatic hydroxyl groups excluding tert-OH is 1. The maximum absolute atomic E-state index is 8.96. The summed E-state index contributed by atoms with van der Waals surface area (Å²) < 4.78 is 0. The van der Waals surface area contributed by atoms with E-state index in [1.165, 1.54) is 5.32 Å². The third kappa shape index (κ3) is 6.36. The van der Waals surface area contributed by atoms with Gasteiger partial charge in [-0.3, -0.25) is 0 Å². The molecule has 0 aliphatic carbocycles. The predicted octanol–water partition coefficient (Wildman–Crippen LogP) is 1.56. The zero-order chi connectivity index (χ0) is 7.28. The van der Waals surface area contributed by atoms with Crippen LogP contribution < -0.4 is 0 Å². The van der Waals surface area contributed by atoms with Gasteiger partial charge in [0.2, 0.25) is 0 Å². The molecule has 0 aliphatic heterocycles. The molecule has 0 aromatic heterocycles. The van der Waals surface area contributed by atoms with Gasteiger partial charge in [0.15, 0.2) is 0 Å². The van der Waals surface area contributed by atoms with Crippen molar-refractivity contribution in [3.8, 4) is 0 Å². The Morgan fingerprint density at radius 3 is 2.33 bits per heavy atom. The summed E-state index contributed by atoms with van der Waals surface area (Å²) >= 11 is 0.772. The Morgan fingerprint density at radius 1 is 1.44 bits per heavy atom. The molecule has 0 spiro atoms. The molecule has 0 fully saturated rings. The SMILES string of the molecule is C[Se]CC(C)CC(C)O. The molecule has 0 radical (unpaired) electrons. The molecule has 0 saturated carbocycles. The fourth-order valence-electron chi connectivity index (χ4n) is 0.935. The van der Waals surface area contributed by atoms with Gasteiger partial charge < -0.3 is 0 Å². The van der Waals surface area contributed by atoms with Crippen LogP contribution in [-0.4, -0.2) is 26.2 Å². The van der Waals surface area contributed by atoms with Crippen molar-refractivity contribution in [2.45, 2.75) is 37.5 Å². The van der Waals surface area contributed by atoms with Gasteiger partial charge in [-0.25, -0.2) is 0 Å². The van der Waals surface area contributed by atoms with E-state index in [2.05, 4.69) is 12.7 Å². The summed E-state index contributed by atoms with van der Waals surface area (Å²) in [4.78, 5) is 0. The third-order valence-electron chi connectivity index (χ3n) is 1.19. The molecule has 0 rings (SSSR count). The van der Waals surface area contributed by atoms with Crippen LogP contribution in [-0.2, 0) is 0 Å². The molecule has 0 aromatic carbocycles. The van der Waals surface area contributed by atoms with Crippen molar-refractivity contribution in [1.82, 2.24) is 0 Å². The van der Waals surface area contributed by atoms with E-state index in [1.54, 1.807) is 0 Å². The Kier molecular flexibility index (Phi) is 5.56. The molecule has 0 heterocycles. The quantitative estimate of drug-likeness (QED) is 0.675. The van der Waals surface area contributed by atoms with Gasteiger partial charge in [-0.1, -0.05) is 0 Å². The molecule has 0 aromatic rings. The van der Waals surface area contributed by atoms with E-state index in [9.17, 15) is 0 Å². The van der Waals surface area contributed by atoms with Crippen molar-refractivity contribution in [2.24, 2.45) is 5.92 Å². The Morgan fingerprint density at radius 2 is 2.00 bits per heavy atom. The molecule has 2 atom stereocenters. The Bertz CT molecular complexity index is 63.9. The average molecular weight is 195 g/mol. The summed E-state index contributed by atoms with van der Waals surface area (Å²) in [6.45, 7) is 4.07. The summed E-state index contributed by atoms with van der Waals surface area (Å²) in [5.41, 5.74) is 0. The average Bonchev–Trinajstić information content (AvgIpc) is 1.63. The molecule has 0 saturated heterocycles. The fourth-order valence-corrected chi connectivity index (χ4v) is 2.41. The van der Waals surface area contributed by atoms with Crippen LogP contribution in [0.2, 0.25) is 11.1 Å². The standard InChI is InChI=1S/C7H16OSe/c1-6(5-9-3)4-7(2)8/h6-8H,4-5H2,1-3H3. The van der Waals surface area contributed by atoms with Crippen LogP contribution >= 0.6 is 0 Å². The van der Waals surface area contributed by atoms with E-state index in [0.29, 0.717) is 0 Å². The van der Waals surface area contributed by atoms with Crippen molar-refractivity contribution in [2.75, 3.05) is 0 Å². The zero-order valence-corrected chi connectivity index (χ0v) is 8.14. The van der Waals surface area contributed by atoms with Gasteiger partial charge in [0.1, 0.15) is 0 Å². The van der Waals surface area contributed by atoms with E-state index < -0.39 is 0 Å². The molecule has 9 heavy (non-hydrogen) atoms. The second kappa shape index (κ2) is 5.28. The molecule has 0 aliphatic rings. The van der Waals surface area contributed by atoms with E-state index in [0.717, 1.165) is 27.3 Å². The van der Waals surface area contributed by atoms with Crippen LogP contribution in [0.25, 0.3) is 0 Å². The molecule has 1 N–H and O–H groups in total. The normalized spacial score (nSPS) is 17.3. The van der Waals surface area contributed by atoms with Gasteiger partial charge in [0.25, 0.3) is 0 Å². The van der Waals surface area contributed by atoms with Crippen molar-refractivity contribution >= 4 is 15.0 Å². The van der Waals surface area contributed by atoms with E-state index in [4.69, 9.17) is 5.11 Å². The maximum atomic E-state index is 8.96. The molecular weight excluding hydrogens is 179 g/mol. The van der Waals surface area contributed by atoms with Crippen molar-refractivity contribution in [3.05, 3.63) is 0 Å². The van der Waals surface area contributed by atoms with E-state index in [-0.39, 0.29) is 6.10 Å². The first kappa shape index (κ1) is 9.48. The number of hydrogen-bond donors (Lipinski definition) is 1. The van der Waals surface area contributed by atoms with Gasteiger partial charge in [-0.2, -0.15) is 0 Å². The van der Waals surface area contributed by atoms with E-state index >= 15 is 0 Å². The van der Waals surface area contributed by atoms with Crippen LogP contribution in [0, 0.1) is 5.92 Å². The van der Waals surface area contributed by atoms with Crippen LogP contribution in [0.4, 0.5) is 0 Å². The summed E-state index contributed by atoms with van der Waals surface area (Å²) in [5, 5.41) is 10.3. The molecule has 2 heteroatoms. The van der Waals surface area contributed by atoms with Gasteiger partial charge in [-0.05, 0) is 0 Å².